The fourth-order valence-electron chi connectivity index (χ4n) is 0.391. The third-order valence-electron chi connectivity index (χ3n) is 0.682. The lowest BCUT2D eigenvalue weighted by molar-refractivity contribution is 1.24. The quantitative estimate of drug-likeness (QED) is 0.561. The Labute approximate surface area is 50.5 Å². The fraction of sp³-hybridized carbons (Fsp3) is 0.250. The Hall–Kier alpha value is -0.310. The van der Waals surface area contributed by atoms with Crippen molar-refractivity contribution in [1.82, 2.24) is 8.58 Å². The Morgan fingerprint density at radius 2 is 2.57 bits per heavy atom. The minimum Gasteiger partial charge on any atom is -0.272 e. The Kier molecular flexibility index (Phi) is 1.15. The van der Waals surface area contributed by atoms with Gasteiger partial charge in [0, 0.05) is 6.20 Å². The maximum atomic E-state index is 3.93. The maximum absolute atomic E-state index is 3.93. The topological polar surface area (TPSA) is 17.8 Å². The van der Waals surface area contributed by atoms with Crippen LogP contribution in [-0.2, 0) is 0 Å². The van der Waals surface area contributed by atoms with E-state index >= 15 is 0 Å². The van der Waals surface area contributed by atoms with Crippen LogP contribution in [0.3, 0.4) is 0 Å². The summed E-state index contributed by atoms with van der Waals surface area (Å²) in [5.74, 6) is 0. The van der Waals surface area contributed by atoms with Crippen molar-refractivity contribution in [3.05, 3.63) is 18.2 Å². The molecule has 1 heterocycles. The van der Waals surface area contributed by atoms with Gasteiger partial charge in [-0.15, -0.1) is 0 Å². The van der Waals surface area contributed by atoms with Gasteiger partial charge in [0.1, 0.15) is 6.33 Å². The van der Waals surface area contributed by atoms with Crippen LogP contribution in [0.5, 0.6) is 0 Å². The Morgan fingerprint density at radius 1 is 1.86 bits per heavy atom. The van der Waals surface area contributed by atoms with Crippen molar-refractivity contribution in [1.29, 1.82) is 0 Å². The van der Waals surface area contributed by atoms with Crippen molar-refractivity contribution in [3.8, 4) is 0 Å². The number of halogens is 1. The predicted molar refractivity (Wildman–Crippen MR) is 31.3 cm³/mol. The van der Waals surface area contributed by atoms with E-state index in [1.54, 1.807) is 9.92 Å². The summed E-state index contributed by atoms with van der Waals surface area (Å²) < 4.78 is 1.74. The minimum atomic E-state index is 1.02. The van der Waals surface area contributed by atoms with E-state index in [2.05, 4.69) is 21.1 Å². The molecule has 1 aromatic rings. The molecule has 0 bridgehead atoms. The molecule has 0 aromatic carbocycles. The molecule has 1 rings (SSSR count). The van der Waals surface area contributed by atoms with Gasteiger partial charge in [0.05, 0.1) is 21.8 Å². The van der Waals surface area contributed by atoms with E-state index in [1.807, 2.05) is 13.1 Å². The highest BCUT2D eigenvalue weighted by Crippen LogP contribution is 1.94. The lowest BCUT2D eigenvalue weighted by Crippen LogP contribution is -1.64. The van der Waals surface area contributed by atoms with Crippen LogP contribution in [-0.4, -0.2) is 8.58 Å². The van der Waals surface area contributed by atoms with Crippen LogP contribution < -0.4 is 0 Å². The van der Waals surface area contributed by atoms with Crippen LogP contribution in [0, 0.1) is 6.92 Å². The van der Waals surface area contributed by atoms with Gasteiger partial charge in [0.2, 0.25) is 0 Å². The second kappa shape index (κ2) is 1.66. The molecule has 0 fully saturated rings. The Bertz CT molecular complexity index is 142. The molecule has 0 aliphatic rings. The molecule has 0 saturated heterocycles. The first-order chi connectivity index (χ1) is 3.29. The molecule has 38 valence electrons. The summed E-state index contributed by atoms with van der Waals surface area (Å²) in [4.78, 5) is 3.93. The lowest BCUT2D eigenvalue weighted by Gasteiger charge is -1.74. The van der Waals surface area contributed by atoms with Gasteiger partial charge in [-0.25, -0.2) is 4.98 Å². The van der Waals surface area contributed by atoms with Crippen molar-refractivity contribution in [2.75, 3.05) is 0 Å². The Morgan fingerprint density at radius 3 is 2.71 bits per heavy atom. The summed E-state index contributed by atoms with van der Waals surface area (Å²) >= 11 is 3.19. The molecule has 7 heavy (non-hydrogen) atoms. The number of aromatic nitrogens is 2. The molecule has 0 aliphatic heterocycles. The molecular formula is C4H5BrN2. The van der Waals surface area contributed by atoms with Crippen LogP contribution in [0.15, 0.2) is 12.5 Å². The van der Waals surface area contributed by atoms with Crippen molar-refractivity contribution in [2.24, 2.45) is 0 Å². The van der Waals surface area contributed by atoms with Crippen molar-refractivity contribution in [3.63, 3.8) is 0 Å². The predicted octanol–water partition coefficient (Wildman–Crippen LogP) is 1.35. The normalized spacial score (nSPS) is 9.43. The SMILES string of the molecule is Cc1cn(Br)cn1. The van der Waals surface area contributed by atoms with Crippen LogP contribution in [0.4, 0.5) is 0 Å². The minimum absolute atomic E-state index is 1.02. The summed E-state index contributed by atoms with van der Waals surface area (Å²) in [5, 5.41) is 0. The summed E-state index contributed by atoms with van der Waals surface area (Å²) in [5.41, 5.74) is 1.02. The van der Waals surface area contributed by atoms with Crippen molar-refractivity contribution < 1.29 is 0 Å². The summed E-state index contributed by atoms with van der Waals surface area (Å²) in [6.45, 7) is 1.94. The Balaban J connectivity index is 3.04. The molecule has 0 N–H and O–H groups in total. The van der Waals surface area contributed by atoms with E-state index in [9.17, 15) is 0 Å². The van der Waals surface area contributed by atoms with Crippen LogP contribution in [0.1, 0.15) is 5.69 Å². The van der Waals surface area contributed by atoms with Crippen molar-refractivity contribution >= 4 is 16.1 Å². The zero-order valence-electron chi connectivity index (χ0n) is 3.93. The highest BCUT2D eigenvalue weighted by atomic mass is 79.9. The monoisotopic (exact) mass is 160 g/mol. The van der Waals surface area contributed by atoms with Gasteiger partial charge in [-0.3, -0.25) is 3.59 Å². The van der Waals surface area contributed by atoms with Gasteiger partial charge < -0.3 is 0 Å². The van der Waals surface area contributed by atoms with Crippen LogP contribution in [0.2, 0.25) is 0 Å². The van der Waals surface area contributed by atoms with E-state index in [4.69, 9.17) is 0 Å². The lowest BCUT2D eigenvalue weighted by atomic mass is 10.6. The van der Waals surface area contributed by atoms with E-state index in [0.29, 0.717) is 0 Å². The summed E-state index contributed by atoms with van der Waals surface area (Å²) in [6.07, 6.45) is 3.59. The molecule has 0 spiro atoms. The molecule has 0 unspecified atom stereocenters. The molecule has 0 atom stereocenters. The maximum Gasteiger partial charge on any atom is 0.105 e. The van der Waals surface area contributed by atoms with Gasteiger partial charge in [-0.2, -0.15) is 0 Å². The molecule has 0 amide bonds. The molecule has 3 heteroatoms. The zero-order chi connectivity index (χ0) is 5.28. The van der Waals surface area contributed by atoms with Gasteiger partial charge in [-0.05, 0) is 6.92 Å². The number of rotatable bonds is 0. The highest BCUT2D eigenvalue weighted by molar-refractivity contribution is 9.08. The standard InChI is InChI=1S/C4H5BrN2/c1-4-2-7(5)3-6-4/h2-3H,1H3. The average molecular weight is 161 g/mol. The molecule has 1 aromatic heterocycles. The van der Waals surface area contributed by atoms with E-state index in [1.165, 1.54) is 0 Å². The molecule has 0 saturated carbocycles. The highest BCUT2D eigenvalue weighted by Gasteiger charge is 1.83. The van der Waals surface area contributed by atoms with E-state index in [-0.39, 0.29) is 0 Å². The van der Waals surface area contributed by atoms with Gasteiger partial charge in [0.15, 0.2) is 0 Å². The summed E-state index contributed by atoms with van der Waals surface area (Å²) in [6, 6.07) is 0. The molecular weight excluding hydrogens is 156 g/mol. The number of hydrogen-bond acceptors (Lipinski definition) is 1. The number of aryl methyl sites for hydroxylation is 1. The average Bonchev–Trinajstić information content (AvgIpc) is 1.87. The third kappa shape index (κ3) is 1.03. The number of nitrogens with zero attached hydrogens (tertiary/aromatic N) is 2. The van der Waals surface area contributed by atoms with E-state index in [0.717, 1.165) is 5.69 Å². The van der Waals surface area contributed by atoms with Crippen LogP contribution >= 0.6 is 16.1 Å². The molecule has 0 aliphatic carbocycles. The second-order valence-electron chi connectivity index (χ2n) is 1.36. The van der Waals surface area contributed by atoms with Gasteiger partial charge >= 0.3 is 0 Å². The van der Waals surface area contributed by atoms with E-state index < -0.39 is 0 Å². The number of hydrogen-bond donors (Lipinski definition) is 0. The third-order valence-corrected chi connectivity index (χ3v) is 1.07. The summed E-state index contributed by atoms with van der Waals surface area (Å²) in [7, 11) is 0. The van der Waals surface area contributed by atoms with Gasteiger partial charge in [-0.1, -0.05) is 0 Å². The number of imidazole rings is 1. The molecule has 0 radical (unpaired) electrons. The van der Waals surface area contributed by atoms with Crippen molar-refractivity contribution in [2.45, 2.75) is 6.92 Å². The first kappa shape index (κ1) is 4.84. The van der Waals surface area contributed by atoms with Crippen LogP contribution in [0.25, 0.3) is 0 Å². The largest absolute Gasteiger partial charge is 0.272 e. The fourth-order valence-corrected chi connectivity index (χ4v) is 0.779. The first-order valence-corrected chi connectivity index (χ1v) is 2.67. The first-order valence-electron chi connectivity index (χ1n) is 1.96. The smallest absolute Gasteiger partial charge is 0.105 e. The van der Waals surface area contributed by atoms with Gasteiger partial charge in [0.25, 0.3) is 0 Å². The zero-order valence-corrected chi connectivity index (χ0v) is 5.51. The second-order valence-corrected chi connectivity index (χ2v) is 2.18. The molecule has 2 nitrogen and oxygen atoms in total.